The lowest BCUT2D eigenvalue weighted by atomic mass is 10.4. The molecule has 1 amide bonds. The van der Waals surface area contributed by atoms with Crippen LogP contribution in [0.15, 0.2) is 11.4 Å². The summed E-state index contributed by atoms with van der Waals surface area (Å²) < 4.78 is 5.19. The number of thiophene rings is 1. The lowest BCUT2D eigenvalue weighted by molar-refractivity contribution is -0.123. The second kappa shape index (κ2) is 5.18. The zero-order chi connectivity index (χ0) is 12.3. The molecule has 1 saturated carbocycles. The Labute approximate surface area is 102 Å². The quantitative estimate of drug-likeness (QED) is 0.804. The molecule has 1 aromatic heterocycles. The second-order valence-corrected chi connectivity index (χ2v) is 4.90. The molecule has 0 bridgehead atoms. The second-order valence-electron chi connectivity index (χ2n) is 3.99. The number of nitrogens with one attached hydrogen (secondary N) is 1. The van der Waals surface area contributed by atoms with Gasteiger partial charge in [0.1, 0.15) is 10.6 Å². The molecular formula is C11H13NO4S. The highest BCUT2D eigenvalue weighted by molar-refractivity contribution is 7.12. The van der Waals surface area contributed by atoms with E-state index < -0.39 is 5.97 Å². The van der Waals surface area contributed by atoms with Crippen molar-refractivity contribution in [2.24, 2.45) is 5.92 Å². The van der Waals surface area contributed by atoms with E-state index in [4.69, 9.17) is 9.84 Å². The van der Waals surface area contributed by atoms with Gasteiger partial charge < -0.3 is 15.2 Å². The first-order valence-electron chi connectivity index (χ1n) is 5.36. The van der Waals surface area contributed by atoms with E-state index >= 15 is 0 Å². The van der Waals surface area contributed by atoms with Crippen LogP contribution in [0, 0.1) is 5.92 Å². The largest absolute Gasteiger partial charge is 0.483 e. The molecule has 1 heterocycles. The van der Waals surface area contributed by atoms with Crippen LogP contribution < -0.4 is 10.1 Å². The highest BCUT2D eigenvalue weighted by Crippen LogP contribution is 2.27. The number of hydrogen-bond donors (Lipinski definition) is 2. The molecule has 0 spiro atoms. The summed E-state index contributed by atoms with van der Waals surface area (Å²) in [5.41, 5.74) is 0. The topological polar surface area (TPSA) is 75.6 Å². The normalized spacial score (nSPS) is 14.4. The highest BCUT2D eigenvalue weighted by Gasteiger charge is 2.21. The van der Waals surface area contributed by atoms with Crippen LogP contribution in [0.5, 0.6) is 5.75 Å². The molecule has 0 atom stereocenters. The van der Waals surface area contributed by atoms with Gasteiger partial charge >= 0.3 is 5.97 Å². The minimum Gasteiger partial charge on any atom is -0.483 e. The molecule has 6 heteroatoms. The van der Waals surface area contributed by atoms with E-state index in [2.05, 4.69) is 5.32 Å². The Morgan fingerprint density at radius 3 is 2.88 bits per heavy atom. The number of carbonyl (C=O) groups excluding carboxylic acids is 1. The van der Waals surface area contributed by atoms with Gasteiger partial charge in [0.25, 0.3) is 5.91 Å². The van der Waals surface area contributed by atoms with Crippen molar-refractivity contribution in [2.45, 2.75) is 12.8 Å². The predicted octanol–water partition coefficient (Wildman–Crippen LogP) is 1.35. The third-order valence-electron chi connectivity index (χ3n) is 2.44. The fraction of sp³-hybridized carbons (Fsp3) is 0.455. The maximum Gasteiger partial charge on any atom is 0.346 e. The number of ether oxygens (including phenoxy) is 1. The fourth-order valence-corrected chi connectivity index (χ4v) is 1.95. The summed E-state index contributed by atoms with van der Waals surface area (Å²) in [6.07, 6.45) is 2.38. The number of aromatic carboxylic acids is 1. The Morgan fingerprint density at radius 1 is 1.53 bits per heavy atom. The van der Waals surface area contributed by atoms with E-state index in [1.54, 1.807) is 5.38 Å². The van der Waals surface area contributed by atoms with Gasteiger partial charge in [0.2, 0.25) is 0 Å². The average Bonchev–Trinajstić information content (AvgIpc) is 3.00. The van der Waals surface area contributed by atoms with Gasteiger partial charge in [-0.25, -0.2) is 4.79 Å². The number of carboxylic acid groups (broad SMARTS) is 1. The van der Waals surface area contributed by atoms with Crippen LogP contribution in [0.25, 0.3) is 0 Å². The first kappa shape index (κ1) is 11.9. The van der Waals surface area contributed by atoms with Crippen molar-refractivity contribution in [3.8, 4) is 5.75 Å². The Balaban J connectivity index is 1.72. The van der Waals surface area contributed by atoms with E-state index in [1.165, 1.54) is 18.9 Å². The van der Waals surface area contributed by atoms with Crippen molar-refractivity contribution in [3.05, 3.63) is 16.3 Å². The van der Waals surface area contributed by atoms with Gasteiger partial charge in [0.05, 0.1) is 0 Å². The van der Waals surface area contributed by atoms with Gasteiger partial charge in [-0.2, -0.15) is 0 Å². The Kier molecular flexibility index (Phi) is 3.63. The molecule has 92 valence electrons. The van der Waals surface area contributed by atoms with Crippen LogP contribution in [-0.2, 0) is 4.79 Å². The van der Waals surface area contributed by atoms with Crippen LogP contribution in [0.2, 0.25) is 0 Å². The van der Waals surface area contributed by atoms with Crippen molar-refractivity contribution in [1.29, 1.82) is 0 Å². The number of rotatable bonds is 6. The van der Waals surface area contributed by atoms with E-state index in [0.717, 1.165) is 11.3 Å². The molecular weight excluding hydrogens is 242 g/mol. The zero-order valence-corrected chi connectivity index (χ0v) is 9.96. The Hall–Kier alpha value is -1.56. The van der Waals surface area contributed by atoms with Crippen LogP contribution in [0.4, 0.5) is 0 Å². The molecule has 1 aliphatic carbocycles. The number of carbonyl (C=O) groups is 2. The summed E-state index contributed by atoms with van der Waals surface area (Å²) in [5.74, 6) is -0.0873. The van der Waals surface area contributed by atoms with Crippen molar-refractivity contribution in [3.63, 3.8) is 0 Å². The Morgan fingerprint density at radius 2 is 2.29 bits per heavy atom. The number of carboxylic acids is 1. The summed E-state index contributed by atoms with van der Waals surface area (Å²) in [5, 5.41) is 13.1. The Bertz CT molecular complexity index is 425. The van der Waals surface area contributed by atoms with E-state index in [9.17, 15) is 9.59 Å². The molecule has 1 fully saturated rings. The molecule has 0 unspecified atom stereocenters. The molecule has 1 aromatic rings. The van der Waals surface area contributed by atoms with E-state index in [-0.39, 0.29) is 17.4 Å². The number of amides is 1. The third kappa shape index (κ3) is 3.74. The first-order chi connectivity index (χ1) is 8.15. The van der Waals surface area contributed by atoms with Crippen molar-refractivity contribution in [1.82, 2.24) is 5.32 Å². The maximum atomic E-state index is 11.3. The molecule has 0 aliphatic heterocycles. The first-order valence-corrected chi connectivity index (χ1v) is 6.24. The van der Waals surface area contributed by atoms with Gasteiger partial charge in [0, 0.05) is 18.0 Å². The molecule has 0 saturated heterocycles. The molecule has 2 rings (SSSR count). The lowest BCUT2D eigenvalue weighted by Crippen LogP contribution is -2.30. The minimum absolute atomic E-state index is 0.0670. The van der Waals surface area contributed by atoms with Crippen molar-refractivity contribution in [2.75, 3.05) is 13.2 Å². The van der Waals surface area contributed by atoms with Gasteiger partial charge in [-0.15, -0.1) is 11.3 Å². The van der Waals surface area contributed by atoms with Crippen LogP contribution in [0.1, 0.15) is 22.5 Å². The molecule has 0 aromatic carbocycles. The SMILES string of the molecule is O=C(COc1csc(C(=O)O)c1)NCC1CC1. The molecule has 2 N–H and O–H groups in total. The maximum absolute atomic E-state index is 11.3. The van der Waals surface area contributed by atoms with E-state index in [1.807, 2.05) is 0 Å². The summed E-state index contributed by atoms with van der Waals surface area (Å²) in [6, 6.07) is 1.42. The standard InChI is InChI=1S/C11H13NO4S/c13-10(12-4-7-1-2-7)5-16-8-3-9(11(14)15)17-6-8/h3,6-7H,1-2,4-5H2,(H,12,13)(H,14,15). The fourth-order valence-electron chi connectivity index (χ4n) is 1.29. The summed E-state index contributed by atoms with van der Waals surface area (Å²) >= 11 is 1.08. The lowest BCUT2D eigenvalue weighted by Gasteiger charge is -2.04. The summed E-state index contributed by atoms with van der Waals surface area (Å²) in [6.45, 7) is 0.648. The molecule has 0 radical (unpaired) electrons. The predicted molar refractivity (Wildman–Crippen MR) is 62.5 cm³/mol. The monoisotopic (exact) mass is 255 g/mol. The van der Waals surface area contributed by atoms with Crippen molar-refractivity contribution < 1.29 is 19.4 Å². The smallest absolute Gasteiger partial charge is 0.346 e. The van der Waals surface area contributed by atoms with Gasteiger partial charge in [-0.3, -0.25) is 4.79 Å². The minimum atomic E-state index is -0.983. The van der Waals surface area contributed by atoms with Crippen LogP contribution in [0.3, 0.4) is 0 Å². The molecule has 5 nitrogen and oxygen atoms in total. The van der Waals surface area contributed by atoms with Crippen molar-refractivity contribution >= 4 is 23.2 Å². The average molecular weight is 255 g/mol. The van der Waals surface area contributed by atoms with Crippen LogP contribution >= 0.6 is 11.3 Å². The van der Waals surface area contributed by atoms with Gasteiger partial charge in [0.15, 0.2) is 6.61 Å². The summed E-state index contributed by atoms with van der Waals surface area (Å²) in [7, 11) is 0. The third-order valence-corrected chi connectivity index (χ3v) is 3.34. The van der Waals surface area contributed by atoms with Gasteiger partial charge in [-0.05, 0) is 18.8 Å². The zero-order valence-electron chi connectivity index (χ0n) is 9.14. The summed E-state index contributed by atoms with van der Waals surface area (Å²) in [4.78, 5) is 22.2. The number of hydrogen-bond acceptors (Lipinski definition) is 4. The van der Waals surface area contributed by atoms with E-state index in [0.29, 0.717) is 18.2 Å². The highest BCUT2D eigenvalue weighted by atomic mass is 32.1. The van der Waals surface area contributed by atoms with Gasteiger partial charge in [-0.1, -0.05) is 0 Å². The molecule has 17 heavy (non-hydrogen) atoms. The molecule has 1 aliphatic rings. The van der Waals surface area contributed by atoms with Crippen LogP contribution in [-0.4, -0.2) is 30.1 Å².